The quantitative estimate of drug-likeness (QED) is 0.697. The van der Waals surface area contributed by atoms with E-state index in [-0.39, 0.29) is 0 Å². The number of rotatable bonds is 1. The zero-order valence-electron chi connectivity index (χ0n) is 5.82. The molecule has 0 amide bonds. The van der Waals surface area contributed by atoms with Crippen LogP contribution in [0.4, 0.5) is 0 Å². The number of hydrogen-bond acceptors (Lipinski definition) is 4. The van der Waals surface area contributed by atoms with Crippen molar-refractivity contribution in [1.29, 1.82) is 0 Å². The maximum Gasteiger partial charge on any atom is 0.152 e. The van der Waals surface area contributed by atoms with E-state index < -0.39 is 0 Å². The number of aromatic nitrogens is 2. The number of halogens is 1. The van der Waals surface area contributed by atoms with Crippen LogP contribution in [0.25, 0.3) is 11.0 Å². The van der Waals surface area contributed by atoms with Crippen LogP contribution in [-0.2, 0) is 0 Å². The van der Waals surface area contributed by atoms with E-state index in [1.165, 1.54) is 0 Å². The van der Waals surface area contributed by atoms with Crippen LogP contribution in [0.1, 0.15) is 10.4 Å². The highest BCUT2D eigenvalue weighted by molar-refractivity contribution is 9.10. The van der Waals surface area contributed by atoms with E-state index >= 15 is 0 Å². The zero-order chi connectivity index (χ0) is 8.55. The van der Waals surface area contributed by atoms with Gasteiger partial charge < -0.3 is 0 Å². The maximum absolute atomic E-state index is 10.5. The van der Waals surface area contributed by atoms with Crippen molar-refractivity contribution in [1.82, 2.24) is 10.3 Å². The Kier molecular flexibility index (Phi) is 1.65. The highest BCUT2D eigenvalue weighted by Crippen LogP contribution is 2.22. The molecule has 0 saturated heterocycles. The van der Waals surface area contributed by atoms with Crippen LogP contribution in [0.2, 0.25) is 0 Å². The van der Waals surface area contributed by atoms with Gasteiger partial charge in [-0.05, 0) is 38.4 Å². The number of aldehydes is 1. The van der Waals surface area contributed by atoms with Gasteiger partial charge in [-0.15, -0.1) is 0 Å². The maximum atomic E-state index is 10.5. The number of carbonyl (C=O) groups is 1. The smallest absolute Gasteiger partial charge is 0.152 e. The third kappa shape index (κ3) is 0.937. The monoisotopic (exact) mass is 226 g/mol. The predicted octanol–water partition coefficient (Wildman–Crippen LogP) is 1.80. The van der Waals surface area contributed by atoms with Crippen LogP contribution in [0.15, 0.2) is 21.2 Å². The minimum atomic E-state index is 0.481. The van der Waals surface area contributed by atoms with E-state index in [0.29, 0.717) is 16.6 Å². The van der Waals surface area contributed by atoms with Crippen LogP contribution in [-0.4, -0.2) is 16.6 Å². The molecule has 60 valence electrons. The van der Waals surface area contributed by atoms with Gasteiger partial charge >= 0.3 is 0 Å². The first-order chi connectivity index (χ1) is 5.83. The standard InChI is InChI=1S/C7H3BrN2O2/c8-5-2-1-4(3-11)6-7(5)10-12-9-6/h1-3H. The lowest BCUT2D eigenvalue weighted by Crippen LogP contribution is -1.82. The van der Waals surface area contributed by atoms with Gasteiger partial charge in [0.25, 0.3) is 0 Å². The lowest BCUT2D eigenvalue weighted by Gasteiger charge is -1.90. The van der Waals surface area contributed by atoms with Crippen LogP contribution >= 0.6 is 15.9 Å². The van der Waals surface area contributed by atoms with Gasteiger partial charge in [0.05, 0.1) is 0 Å². The molecule has 0 radical (unpaired) electrons. The van der Waals surface area contributed by atoms with E-state index in [4.69, 9.17) is 0 Å². The first-order valence-electron chi connectivity index (χ1n) is 3.19. The van der Waals surface area contributed by atoms with Gasteiger partial charge in [-0.25, -0.2) is 4.63 Å². The summed E-state index contributed by atoms with van der Waals surface area (Å²) in [4.78, 5) is 10.5. The Labute approximate surface area is 75.6 Å². The minimum Gasteiger partial charge on any atom is -0.298 e. The van der Waals surface area contributed by atoms with E-state index in [2.05, 4.69) is 30.9 Å². The fourth-order valence-electron chi connectivity index (χ4n) is 0.951. The van der Waals surface area contributed by atoms with Crippen LogP contribution in [0.3, 0.4) is 0 Å². The third-order valence-electron chi connectivity index (χ3n) is 1.52. The summed E-state index contributed by atoms with van der Waals surface area (Å²) in [5, 5.41) is 7.24. The Morgan fingerprint density at radius 2 is 2.08 bits per heavy atom. The number of benzene rings is 1. The van der Waals surface area contributed by atoms with Gasteiger partial charge in [0.15, 0.2) is 6.29 Å². The first-order valence-corrected chi connectivity index (χ1v) is 3.98. The summed E-state index contributed by atoms with van der Waals surface area (Å²) in [7, 11) is 0. The van der Waals surface area contributed by atoms with E-state index in [1.807, 2.05) is 0 Å². The molecule has 0 aliphatic heterocycles. The molecule has 1 aromatic heterocycles. The number of nitrogens with zero attached hydrogens (tertiary/aromatic N) is 2. The van der Waals surface area contributed by atoms with Crippen molar-refractivity contribution < 1.29 is 9.42 Å². The molecular weight excluding hydrogens is 224 g/mol. The zero-order valence-corrected chi connectivity index (χ0v) is 7.41. The van der Waals surface area contributed by atoms with Gasteiger partial charge in [0.1, 0.15) is 11.0 Å². The Balaban J connectivity index is 2.91. The molecule has 0 unspecified atom stereocenters. The van der Waals surface area contributed by atoms with Crippen LogP contribution in [0.5, 0.6) is 0 Å². The second kappa shape index (κ2) is 2.67. The average Bonchev–Trinajstić information content (AvgIpc) is 2.54. The molecule has 1 aromatic carbocycles. The van der Waals surface area contributed by atoms with E-state index in [9.17, 15) is 4.79 Å². The average molecular weight is 227 g/mol. The minimum absolute atomic E-state index is 0.481. The fraction of sp³-hybridized carbons (Fsp3) is 0. The molecule has 2 aromatic rings. The first kappa shape index (κ1) is 7.42. The van der Waals surface area contributed by atoms with Crippen molar-refractivity contribution in [3.8, 4) is 0 Å². The molecule has 2 rings (SSSR count). The Morgan fingerprint density at radius 3 is 2.83 bits per heavy atom. The molecular formula is C7H3BrN2O2. The molecule has 0 saturated carbocycles. The molecule has 5 heteroatoms. The van der Waals surface area contributed by atoms with E-state index in [0.717, 1.165) is 10.8 Å². The molecule has 1 heterocycles. The molecule has 0 aliphatic rings. The largest absolute Gasteiger partial charge is 0.298 e. The highest BCUT2D eigenvalue weighted by atomic mass is 79.9. The molecule has 4 nitrogen and oxygen atoms in total. The van der Waals surface area contributed by atoms with Crippen LogP contribution < -0.4 is 0 Å². The molecule has 0 aliphatic carbocycles. The van der Waals surface area contributed by atoms with Crippen LogP contribution in [0, 0.1) is 0 Å². The number of fused-ring (bicyclic) bond motifs is 1. The topological polar surface area (TPSA) is 56.0 Å². The second-order valence-electron chi connectivity index (χ2n) is 2.22. The van der Waals surface area contributed by atoms with Crippen molar-refractivity contribution in [2.45, 2.75) is 0 Å². The van der Waals surface area contributed by atoms with Crippen molar-refractivity contribution in [2.75, 3.05) is 0 Å². The van der Waals surface area contributed by atoms with Gasteiger partial charge in [-0.1, -0.05) is 0 Å². The summed E-state index contributed by atoms with van der Waals surface area (Å²) < 4.78 is 5.27. The Hall–Kier alpha value is -1.23. The summed E-state index contributed by atoms with van der Waals surface area (Å²) in [5.41, 5.74) is 1.54. The van der Waals surface area contributed by atoms with Gasteiger partial charge in [0, 0.05) is 10.0 Å². The van der Waals surface area contributed by atoms with Gasteiger partial charge in [-0.2, -0.15) is 0 Å². The molecule has 12 heavy (non-hydrogen) atoms. The van der Waals surface area contributed by atoms with Crippen molar-refractivity contribution in [2.24, 2.45) is 0 Å². The third-order valence-corrected chi connectivity index (χ3v) is 2.16. The van der Waals surface area contributed by atoms with Gasteiger partial charge in [-0.3, -0.25) is 4.79 Å². The Morgan fingerprint density at radius 1 is 1.33 bits per heavy atom. The number of carbonyl (C=O) groups excluding carboxylic acids is 1. The summed E-state index contributed by atoms with van der Waals surface area (Å²) in [5.74, 6) is 0. The summed E-state index contributed by atoms with van der Waals surface area (Å²) >= 11 is 3.26. The lowest BCUT2D eigenvalue weighted by atomic mass is 10.2. The summed E-state index contributed by atoms with van der Waals surface area (Å²) in [6.07, 6.45) is 0.721. The van der Waals surface area contributed by atoms with Crippen molar-refractivity contribution in [3.05, 3.63) is 22.2 Å². The van der Waals surface area contributed by atoms with Gasteiger partial charge in [0.2, 0.25) is 0 Å². The SMILES string of the molecule is O=Cc1ccc(Br)c2nonc12. The molecule has 0 fully saturated rings. The molecule has 0 spiro atoms. The molecule has 0 N–H and O–H groups in total. The number of hydrogen-bond donors (Lipinski definition) is 0. The summed E-state index contributed by atoms with van der Waals surface area (Å²) in [6.45, 7) is 0. The normalized spacial score (nSPS) is 10.4. The molecule has 0 bridgehead atoms. The highest BCUT2D eigenvalue weighted by Gasteiger charge is 2.08. The van der Waals surface area contributed by atoms with Crippen molar-refractivity contribution in [3.63, 3.8) is 0 Å². The van der Waals surface area contributed by atoms with E-state index in [1.54, 1.807) is 12.1 Å². The predicted molar refractivity (Wildman–Crippen MR) is 44.9 cm³/mol. The molecule has 0 atom stereocenters. The second-order valence-corrected chi connectivity index (χ2v) is 3.07. The van der Waals surface area contributed by atoms with Crippen molar-refractivity contribution >= 4 is 33.2 Å². The fourth-order valence-corrected chi connectivity index (χ4v) is 1.34. The lowest BCUT2D eigenvalue weighted by molar-refractivity contribution is 0.112. The Bertz CT molecular complexity index is 438. The summed E-state index contributed by atoms with van der Waals surface area (Å²) in [6, 6.07) is 3.39.